The van der Waals surface area contributed by atoms with E-state index in [-0.39, 0.29) is 0 Å². The number of nitrogens with one attached hydrogen (secondary N) is 2. The Morgan fingerprint density at radius 2 is 1.12 bits per heavy atom. The summed E-state index contributed by atoms with van der Waals surface area (Å²) in [6.45, 7) is 8.83. The number of benzene rings is 4. The summed E-state index contributed by atoms with van der Waals surface area (Å²) in [5.41, 5.74) is 4.96. The van der Waals surface area contributed by atoms with E-state index in [0.29, 0.717) is 11.8 Å². The Morgan fingerprint density at radius 3 is 1.76 bits per heavy atom. The zero-order valence-electron chi connectivity index (χ0n) is 20.6. The second-order valence-electron chi connectivity index (χ2n) is 9.59. The van der Waals surface area contributed by atoms with Gasteiger partial charge in [-0.15, -0.1) is 0 Å². The van der Waals surface area contributed by atoms with E-state index >= 15 is 0 Å². The molecule has 3 nitrogen and oxygen atoms in total. The summed E-state index contributed by atoms with van der Waals surface area (Å²) in [5, 5.41) is 7.67. The molecule has 6 aromatic rings. The van der Waals surface area contributed by atoms with Gasteiger partial charge in [0.25, 0.3) is 0 Å². The van der Waals surface area contributed by atoms with Crippen molar-refractivity contribution in [1.29, 1.82) is 0 Å². The molecule has 0 fully saturated rings. The molecule has 0 bridgehead atoms. The first-order valence-electron chi connectivity index (χ1n) is 12.0. The summed E-state index contributed by atoms with van der Waals surface area (Å²) < 4.78 is 5.49. The average Bonchev–Trinajstić information content (AvgIpc) is 3.49. The topological polar surface area (TPSA) is 40.8 Å². The van der Waals surface area contributed by atoms with Crippen LogP contribution in [0.25, 0.3) is 43.4 Å². The van der Waals surface area contributed by atoms with E-state index in [2.05, 4.69) is 110 Å². The molecule has 2 aromatic heterocycles. The van der Waals surface area contributed by atoms with Gasteiger partial charge in [0.2, 0.25) is 0 Å². The van der Waals surface area contributed by atoms with Gasteiger partial charge in [-0.05, 0) is 46.2 Å². The Hall–Kier alpha value is -3.72. The molecule has 0 spiro atoms. The van der Waals surface area contributed by atoms with Crippen LogP contribution in [-0.4, -0.2) is 17.1 Å². The van der Waals surface area contributed by atoms with Crippen molar-refractivity contribution in [3.8, 4) is 5.75 Å². The van der Waals surface area contributed by atoms with Crippen molar-refractivity contribution in [2.45, 2.75) is 39.5 Å². The number of hydrogen-bond donors (Lipinski definition) is 2. The molecule has 172 valence electrons. The molecule has 4 aromatic carbocycles. The molecule has 3 heteroatoms. The molecule has 0 saturated heterocycles. The third kappa shape index (κ3) is 3.92. The van der Waals surface area contributed by atoms with Crippen molar-refractivity contribution in [1.82, 2.24) is 9.97 Å². The van der Waals surface area contributed by atoms with Gasteiger partial charge in [-0.1, -0.05) is 82.3 Å². The number of methoxy groups -OCH3 is 1. The molecule has 0 unspecified atom stereocenters. The Labute approximate surface area is 200 Å². The van der Waals surface area contributed by atoms with Crippen molar-refractivity contribution >= 4 is 43.4 Å². The number of rotatable bonds is 3. The van der Waals surface area contributed by atoms with E-state index in [1.807, 2.05) is 6.07 Å². The minimum atomic E-state index is 0.502. The van der Waals surface area contributed by atoms with Crippen LogP contribution in [-0.2, 0) is 0 Å². The van der Waals surface area contributed by atoms with Crippen LogP contribution in [0.2, 0.25) is 0 Å². The summed E-state index contributed by atoms with van der Waals surface area (Å²) in [7, 11) is 1.72. The average molecular weight is 449 g/mol. The lowest BCUT2D eigenvalue weighted by Crippen LogP contribution is -1.86. The number of aromatic amines is 2. The summed E-state index contributed by atoms with van der Waals surface area (Å²) in [6.07, 6.45) is 0. The highest BCUT2D eigenvalue weighted by Gasteiger charge is 2.11. The summed E-state index contributed by atoms with van der Waals surface area (Å²) in [5.74, 6) is 1.98. The quantitative estimate of drug-likeness (QED) is 0.279. The molecule has 0 aliphatic carbocycles. The summed E-state index contributed by atoms with van der Waals surface area (Å²) >= 11 is 0. The van der Waals surface area contributed by atoms with Gasteiger partial charge in [0, 0.05) is 44.6 Å². The first kappa shape index (κ1) is 22.1. The molecule has 0 radical (unpaired) electrons. The smallest absolute Gasteiger partial charge is 0.128 e. The van der Waals surface area contributed by atoms with E-state index in [1.165, 1.54) is 49.2 Å². The highest BCUT2D eigenvalue weighted by molar-refractivity contribution is 6.10. The van der Waals surface area contributed by atoms with Gasteiger partial charge < -0.3 is 14.7 Å². The maximum atomic E-state index is 5.49. The van der Waals surface area contributed by atoms with Gasteiger partial charge in [-0.2, -0.15) is 0 Å². The number of ether oxygens (including phenoxy) is 1. The number of hydrogen-bond acceptors (Lipinski definition) is 1. The third-order valence-electron chi connectivity index (χ3n) is 6.64. The Morgan fingerprint density at radius 1 is 0.559 bits per heavy atom. The van der Waals surface area contributed by atoms with Gasteiger partial charge in [0.05, 0.1) is 7.11 Å². The van der Waals surface area contributed by atoms with Crippen LogP contribution in [0, 0.1) is 0 Å². The monoisotopic (exact) mass is 448 g/mol. The number of aromatic nitrogens is 2. The molecular weight excluding hydrogens is 416 g/mol. The fourth-order valence-corrected chi connectivity index (χ4v) is 4.67. The van der Waals surface area contributed by atoms with Crippen LogP contribution in [0.15, 0.2) is 78.9 Å². The number of fused-ring (bicyclic) bond motifs is 6. The van der Waals surface area contributed by atoms with Crippen molar-refractivity contribution in [2.24, 2.45) is 0 Å². The van der Waals surface area contributed by atoms with Gasteiger partial charge in [0.1, 0.15) is 5.75 Å². The number of H-pyrrole nitrogens is 2. The molecule has 0 aliphatic rings. The molecule has 2 heterocycles. The minimum Gasteiger partial charge on any atom is -0.496 e. The lowest BCUT2D eigenvalue weighted by molar-refractivity contribution is 0.420. The van der Waals surface area contributed by atoms with E-state index < -0.39 is 0 Å². The SMILES string of the molecule is CC(C)c1cc2c(ccc3ccccc32)[nH]1.COc1cc2[nH]c(C(C)C)cc2c2ccccc12. The Kier molecular flexibility index (Phi) is 5.79. The van der Waals surface area contributed by atoms with Crippen molar-refractivity contribution in [3.05, 3.63) is 90.3 Å². The fraction of sp³-hybridized carbons (Fsp3) is 0.226. The van der Waals surface area contributed by atoms with Crippen molar-refractivity contribution in [2.75, 3.05) is 7.11 Å². The van der Waals surface area contributed by atoms with Crippen LogP contribution >= 0.6 is 0 Å². The van der Waals surface area contributed by atoms with Gasteiger partial charge in [0.15, 0.2) is 0 Å². The maximum Gasteiger partial charge on any atom is 0.128 e. The van der Waals surface area contributed by atoms with Gasteiger partial charge in [-0.25, -0.2) is 0 Å². The third-order valence-corrected chi connectivity index (χ3v) is 6.64. The van der Waals surface area contributed by atoms with Gasteiger partial charge >= 0.3 is 0 Å². The maximum absolute atomic E-state index is 5.49. The molecule has 0 amide bonds. The molecule has 0 atom stereocenters. The van der Waals surface area contributed by atoms with Gasteiger partial charge in [-0.3, -0.25) is 0 Å². The zero-order valence-corrected chi connectivity index (χ0v) is 20.6. The Balaban J connectivity index is 0.000000142. The van der Waals surface area contributed by atoms with Crippen molar-refractivity contribution in [3.63, 3.8) is 0 Å². The standard InChI is InChI=1S/C16H17NO.C15H15N/c1-10(2)14-8-13-11-6-4-5-7-12(11)16(18-3)9-15(13)17-14;1-10(2)15-9-13-12-6-4-3-5-11(12)7-8-14(13)16-15/h4-10,17H,1-3H3;3-10,16H,1-2H3. The molecule has 6 rings (SSSR count). The predicted octanol–water partition coefficient (Wildman–Crippen LogP) is 8.90. The van der Waals surface area contributed by atoms with Crippen LogP contribution in [0.3, 0.4) is 0 Å². The molecule has 0 saturated carbocycles. The lowest BCUT2D eigenvalue weighted by atomic mass is 10.0. The molecule has 2 N–H and O–H groups in total. The normalized spacial score (nSPS) is 11.6. The van der Waals surface area contributed by atoms with E-state index in [4.69, 9.17) is 4.74 Å². The van der Waals surface area contributed by atoms with E-state index in [1.54, 1.807) is 7.11 Å². The highest BCUT2D eigenvalue weighted by atomic mass is 16.5. The first-order chi connectivity index (χ1) is 16.5. The lowest BCUT2D eigenvalue weighted by Gasteiger charge is -2.06. The largest absolute Gasteiger partial charge is 0.496 e. The second-order valence-corrected chi connectivity index (χ2v) is 9.59. The highest BCUT2D eigenvalue weighted by Crippen LogP contribution is 2.34. The molecular formula is C31H32N2O. The van der Waals surface area contributed by atoms with E-state index in [9.17, 15) is 0 Å². The molecule has 0 aliphatic heterocycles. The van der Waals surface area contributed by atoms with Crippen molar-refractivity contribution < 1.29 is 4.74 Å². The van der Waals surface area contributed by atoms with E-state index in [0.717, 1.165) is 11.3 Å². The summed E-state index contributed by atoms with van der Waals surface area (Å²) in [4.78, 5) is 6.97. The van der Waals surface area contributed by atoms with Crippen LogP contribution in [0.1, 0.15) is 50.9 Å². The summed E-state index contributed by atoms with van der Waals surface area (Å²) in [6, 6.07) is 27.9. The van der Waals surface area contributed by atoms with Crippen LogP contribution < -0.4 is 4.74 Å². The Bertz CT molecular complexity index is 1600. The second kappa shape index (κ2) is 8.90. The zero-order chi connectivity index (χ0) is 23.8. The molecule has 34 heavy (non-hydrogen) atoms. The fourth-order valence-electron chi connectivity index (χ4n) is 4.67. The predicted molar refractivity (Wildman–Crippen MR) is 146 cm³/mol. The minimum absolute atomic E-state index is 0.502. The van der Waals surface area contributed by atoms with Crippen LogP contribution in [0.4, 0.5) is 0 Å². The first-order valence-corrected chi connectivity index (χ1v) is 12.0. The van der Waals surface area contributed by atoms with Crippen LogP contribution in [0.5, 0.6) is 5.75 Å².